The monoisotopic (exact) mass is 311 g/mol. The molecule has 0 aliphatic heterocycles. The van der Waals surface area contributed by atoms with Crippen molar-refractivity contribution in [1.29, 1.82) is 0 Å². The highest BCUT2D eigenvalue weighted by Crippen LogP contribution is 2.29. The first kappa shape index (κ1) is 12.7. The van der Waals surface area contributed by atoms with Gasteiger partial charge >= 0.3 is 0 Å². The summed E-state index contributed by atoms with van der Waals surface area (Å²) in [4.78, 5) is 0. The maximum absolute atomic E-state index is 4.25. The van der Waals surface area contributed by atoms with Crippen LogP contribution in [0.5, 0.6) is 0 Å². The summed E-state index contributed by atoms with van der Waals surface area (Å²) in [6.07, 6.45) is 1.02. The van der Waals surface area contributed by atoms with Gasteiger partial charge in [-0.15, -0.1) is 10.2 Å². The molecule has 2 rings (SSSR count). The van der Waals surface area contributed by atoms with Gasteiger partial charge in [-0.1, -0.05) is 46.3 Å². The van der Waals surface area contributed by atoms with Crippen LogP contribution in [0.4, 0.5) is 0 Å². The third-order valence-electron chi connectivity index (χ3n) is 2.57. The molecule has 1 heterocycles. The van der Waals surface area contributed by atoms with E-state index in [4.69, 9.17) is 0 Å². The lowest BCUT2D eigenvalue weighted by molar-refractivity contribution is 0.568. The largest absolute Gasteiger partial charge is 0.311 e. The van der Waals surface area contributed by atoms with Crippen LogP contribution in [0.15, 0.2) is 28.7 Å². The van der Waals surface area contributed by atoms with Crippen LogP contribution in [0.1, 0.15) is 24.4 Å². The number of hydrogen-bond acceptors (Lipinski definition) is 4. The van der Waals surface area contributed by atoms with Gasteiger partial charge in [-0.25, -0.2) is 0 Å². The Morgan fingerprint density at radius 3 is 2.88 bits per heavy atom. The van der Waals surface area contributed by atoms with Gasteiger partial charge in [0.2, 0.25) is 0 Å². The predicted octanol–water partition coefficient (Wildman–Crippen LogP) is 3.64. The van der Waals surface area contributed by atoms with Crippen LogP contribution in [0.3, 0.4) is 0 Å². The van der Waals surface area contributed by atoms with E-state index >= 15 is 0 Å². The van der Waals surface area contributed by atoms with Crippen LogP contribution in [-0.2, 0) is 0 Å². The van der Waals surface area contributed by atoms with Gasteiger partial charge in [-0.3, -0.25) is 0 Å². The number of hydrogen-bond donors (Lipinski definition) is 1. The van der Waals surface area contributed by atoms with Gasteiger partial charge in [0, 0.05) is 10.0 Å². The van der Waals surface area contributed by atoms with Crippen molar-refractivity contribution in [2.75, 3.05) is 7.05 Å². The van der Waals surface area contributed by atoms with Crippen LogP contribution in [-0.4, -0.2) is 17.2 Å². The summed E-state index contributed by atoms with van der Waals surface area (Å²) in [5, 5.41) is 13.8. The molecule has 1 aromatic carbocycles. The average molecular weight is 312 g/mol. The first-order chi connectivity index (χ1) is 8.24. The van der Waals surface area contributed by atoms with Crippen LogP contribution in [0.2, 0.25) is 0 Å². The minimum atomic E-state index is 0.299. The summed E-state index contributed by atoms with van der Waals surface area (Å²) in [6.45, 7) is 2.14. The fraction of sp³-hybridized carbons (Fsp3) is 0.333. The molecule has 0 aliphatic rings. The molecule has 0 saturated carbocycles. The number of aromatic nitrogens is 2. The van der Waals surface area contributed by atoms with Crippen LogP contribution < -0.4 is 5.32 Å². The fourth-order valence-corrected chi connectivity index (χ4v) is 3.05. The van der Waals surface area contributed by atoms with E-state index in [-0.39, 0.29) is 0 Å². The zero-order chi connectivity index (χ0) is 12.3. The summed E-state index contributed by atoms with van der Waals surface area (Å²) in [5.41, 5.74) is 1.11. The number of nitrogens with zero attached hydrogens (tertiary/aromatic N) is 2. The zero-order valence-corrected chi connectivity index (χ0v) is 12.2. The summed E-state index contributed by atoms with van der Waals surface area (Å²) in [6, 6.07) is 8.43. The van der Waals surface area contributed by atoms with E-state index in [1.807, 2.05) is 19.2 Å². The van der Waals surface area contributed by atoms with Crippen molar-refractivity contribution in [1.82, 2.24) is 15.5 Å². The van der Waals surface area contributed by atoms with Crippen molar-refractivity contribution in [2.45, 2.75) is 19.4 Å². The number of benzene rings is 1. The first-order valence-corrected chi connectivity index (χ1v) is 7.12. The van der Waals surface area contributed by atoms with Gasteiger partial charge in [0.1, 0.15) is 10.0 Å². The topological polar surface area (TPSA) is 37.8 Å². The molecular formula is C12H14BrN3S. The predicted molar refractivity (Wildman–Crippen MR) is 75.1 cm³/mol. The Hall–Kier alpha value is -0.780. The SMILES string of the molecule is CCC(NC)c1nnc(-c2cccc(Br)c2)s1. The Morgan fingerprint density at radius 2 is 2.24 bits per heavy atom. The Labute approximate surface area is 113 Å². The molecule has 1 atom stereocenters. The second-order valence-electron chi connectivity index (χ2n) is 3.71. The second kappa shape index (κ2) is 5.71. The highest BCUT2D eigenvalue weighted by molar-refractivity contribution is 9.10. The van der Waals surface area contributed by atoms with Gasteiger partial charge in [0.25, 0.3) is 0 Å². The molecule has 1 unspecified atom stereocenters. The molecule has 90 valence electrons. The number of halogens is 1. The Balaban J connectivity index is 2.29. The first-order valence-electron chi connectivity index (χ1n) is 5.51. The van der Waals surface area contributed by atoms with E-state index in [0.29, 0.717) is 6.04 Å². The Bertz CT molecular complexity index is 494. The third-order valence-corrected chi connectivity index (χ3v) is 4.15. The van der Waals surface area contributed by atoms with Gasteiger partial charge in [-0.05, 0) is 25.6 Å². The molecule has 3 nitrogen and oxygen atoms in total. The van der Waals surface area contributed by atoms with Gasteiger partial charge in [-0.2, -0.15) is 0 Å². The molecule has 5 heteroatoms. The summed E-state index contributed by atoms with van der Waals surface area (Å²) in [5.74, 6) is 0. The molecular weight excluding hydrogens is 298 g/mol. The van der Waals surface area contributed by atoms with Gasteiger partial charge in [0.15, 0.2) is 0 Å². The smallest absolute Gasteiger partial charge is 0.147 e. The van der Waals surface area contributed by atoms with E-state index < -0.39 is 0 Å². The van der Waals surface area contributed by atoms with Crippen molar-refractivity contribution in [2.24, 2.45) is 0 Å². The Kier molecular flexibility index (Phi) is 4.25. The van der Waals surface area contributed by atoms with Gasteiger partial charge in [0.05, 0.1) is 6.04 Å². The molecule has 0 amide bonds. The molecule has 1 N–H and O–H groups in total. The van der Waals surface area contributed by atoms with Crippen molar-refractivity contribution in [3.63, 3.8) is 0 Å². The number of rotatable bonds is 4. The lowest BCUT2D eigenvalue weighted by atomic mass is 10.2. The fourth-order valence-electron chi connectivity index (χ4n) is 1.62. The molecule has 1 aromatic heterocycles. The van der Waals surface area contributed by atoms with E-state index in [1.165, 1.54) is 0 Å². The molecule has 0 aliphatic carbocycles. The molecule has 0 fully saturated rings. The molecule has 2 aromatic rings. The zero-order valence-electron chi connectivity index (χ0n) is 9.77. The lowest BCUT2D eigenvalue weighted by Gasteiger charge is -2.07. The maximum atomic E-state index is 4.25. The highest BCUT2D eigenvalue weighted by atomic mass is 79.9. The quantitative estimate of drug-likeness (QED) is 0.936. The summed E-state index contributed by atoms with van der Waals surface area (Å²) in [7, 11) is 1.95. The average Bonchev–Trinajstić information content (AvgIpc) is 2.80. The van der Waals surface area contributed by atoms with Gasteiger partial charge < -0.3 is 5.32 Å². The lowest BCUT2D eigenvalue weighted by Crippen LogP contribution is -2.14. The van der Waals surface area contributed by atoms with E-state index in [1.54, 1.807) is 11.3 Å². The molecule has 0 bridgehead atoms. The van der Waals surface area contributed by atoms with Crippen LogP contribution in [0, 0.1) is 0 Å². The molecule has 0 radical (unpaired) electrons. The standard InChI is InChI=1S/C12H14BrN3S/c1-3-10(14-2)12-16-15-11(17-12)8-5-4-6-9(13)7-8/h4-7,10,14H,3H2,1-2H3. The highest BCUT2D eigenvalue weighted by Gasteiger charge is 2.13. The second-order valence-corrected chi connectivity index (χ2v) is 5.63. The molecule has 0 spiro atoms. The van der Waals surface area contributed by atoms with Crippen molar-refractivity contribution >= 4 is 27.3 Å². The van der Waals surface area contributed by atoms with E-state index in [9.17, 15) is 0 Å². The minimum absolute atomic E-state index is 0.299. The van der Waals surface area contributed by atoms with E-state index in [0.717, 1.165) is 26.5 Å². The van der Waals surface area contributed by atoms with Crippen molar-refractivity contribution in [3.05, 3.63) is 33.7 Å². The Morgan fingerprint density at radius 1 is 1.41 bits per heavy atom. The normalized spacial score (nSPS) is 12.6. The van der Waals surface area contributed by atoms with E-state index in [2.05, 4.69) is 50.5 Å². The summed E-state index contributed by atoms with van der Waals surface area (Å²) < 4.78 is 1.06. The third kappa shape index (κ3) is 2.91. The maximum Gasteiger partial charge on any atom is 0.147 e. The molecule has 17 heavy (non-hydrogen) atoms. The minimum Gasteiger partial charge on any atom is -0.311 e. The van der Waals surface area contributed by atoms with Crippen LogP contribution in [0.25, 0.3) is 10.6 Å². The van der Waals surface area contributed by atoms with Crippen molar-refractivity contribution in [3.8, 4) is 10.6 Å². The summed E-state index contributed by atoms with van der Waals surface area (Å²) >= 11 is 5.11. The van der Waals surface area contributed by atoms with Crippen LogP contribution >= 0.6 is 27.3 Å². The molecule has 0 saturated heterocycles. The van der Waals surface area contributed by atoms with Crippen molar-refractivity contribution < 1.29 is 0 Å². The number of nitrogens with one attached hydrogen (secondary N) is 1.